The summed E-state index contributed by atoms with van der Waals surface area (Å²) in [6.45, 7) is 0.138. The number of aromatic amines is 1. The quantitative estimate of drug-likeness (QED) is 0.788. The van der Waals surface area contributed by atoms with Gasteiger partial charge in [0.25, 0.3) is 0 Å². The molecule has 104 valence electrons. The van der Waals surface area contributed by atoms with Crippen LogP contribution in [0, 0.1) is 0 Å². The molecule has 6 nitrogen and oxygen atoms in total. The number of rotatable bonds is 4. The van der Waals surface area contributed by atoms with Crippen molar-refractivity contribution < 1.29 is 14.6 Å². The summed E-state index contributed by atoms with van der Waals surface area (Å²) >= 11 is 0. The van der Waals surface area contributed by atoms with Crippen LogP contribution in [0.5, 0.6) is 5.75 Å². The van der Waals surface area contributed by atoms with Crippen LogP contribution in [0.3, 0.4) is 0 Å². The standard InChI is InChI=1S/C14H14N2O4/c17-12-6-7-15-11(13(12)18)8-16-14(19)20-9-10-4-2-1-3-5-10/h1-7,18H,8-9H2,(H,15,17)(H,16,19). The monoisotopic (exact) mass is 274 g/mol. The molecule has 1 heterocycles. The van der Waals surface area contributed by atoms with Gasteiger partial charge in [0.05, 0.1) is 12.2 Å². The molecule has 0 spiro atoms. The Kier molecular flexibility index (Phi) is 4.39. The maximum absolute atomic E-state index is 11.5. The lowest BCUT2D eigenvalue weighted by Gasteiger charge is -2.07. The second-order valence-electron chi connectivity index (χ2n) is 4.08. The van der Waals surface area contributed by atoms with Crippen LogP contribution in [-0.2, 0) is 17.9 Å². The second-order valence-corrected chi connectivity index (χ2v) is 4.08. The number of aromatic nitrogens is 1. The Hall–Kier alpha value is -2.76. The molecule has 1 amide bonds. The molecular formula is C14H14N2O4. The van der Waals surface area contributed by atoms with Crippen molar-refractivity contribution in [1.82, 2.24) is 10.3 Å². The molecule has 0 saturated carbocycles. The number of aromatic hydroxyl groups is 1. The van der Waals surface area contributed by atoms with E-state index in [9.17, 15) is 14.7 Å². The first-order valence-corrected chi connectivity index (χ1v) is 6.01. The van der Waals surface area contributed by atoms with Gasteiger partial charge in [0.2, 0.25) is 5.43 Å². The summed E-state index contributed by atoms with van der Waals surface area (Å²) in [6.07, 6.45) is 0.770. The Bertz CT molecular complexity index is 637. The van der Waals surface area contributed by atoms with Crippen LogP contribution in [0.4, 0.5) is 4.79 Å². The van der Waals surface area contributed by atoms with Crippen molar-refractivity contribution in [2.24, 2.45) is 0 Å². The van der Waals surface area contributed by atoms with Gasteiger partial charge >= 0.3 is 6.09 Å². The molecule has 0 radical (unpaired) electrons. The van der Waals surface area contributed by atoms with Crippen molar-refractivity contribution >= 4 is 6.09 Å². The minimum absolute atomic E-state index is 0.0183. The average molecular weight is 274 g/mol. The summed E-state index contributed by atoms with van der Waals surface area (Å²) in [6, 6.07) is 10.5. The highest BCUT2D eigenvalue weighted by Gasteiger charge is 2.07. The van der Waals surface area contributed by atoms with Crippen LogP contribution in [-0.4, -0.2) is 16.2 Å². The molecule has 6 heteroatoms. The zero-order valence-electron chi connectivity index (χ0n) is 10.6. The summed E-state index contributed by atoms with van der Waals surface area (Å²) in [5.74, 6) is -0.407. The van der Waals surface area contributed by atoms with Gasteiger partial charge in [-0.05, 0) is 5.56 Å². The van der Waals surface area contributed by atoms with E-state index in [2.05, 4.69) is 10.3 Å². The predicted molar refractivity (Wildman–Crippen MR) is 72.2 cm³/mol. The largest absolute Gasteiger partial charge is 0.503 e. The smallest absolute Gasteiger partial charge is 0.407 e. The van der Waals surface area contributed by atoms with E-state index in [0.717, 1.165) is 5.56 Å². The van der Waals surface area contributed by atoms with Crippen molar-refractivity contribution in [3.8, 4) is 5.75 Å². The van der Waals surface area contributed by atoms with E-state index in [1.807, 2.05) is 30.3 Å². The van der Waals surface area contributed by atoms with E-state index in [1.165, 1.54) is 12.3 Å². The van der Waals surface area contributed by atoms with Gasteiger partial charge in [0.15, 0.2) is 5.75 Å². The van der Waals surface area contributed by atoms with Crippen LogP contribution < -0.4 is 10.7 Å². The summed E-state index contributed by atoms with van der Waals surface area (Å²) < 4.78 is 5.00. The number of amides is 1. The molecule has 0 bridgehead atoms. The molecule has 0 atom stereocenters. The van der Waals surface area contributed by atoms with E-state index in [0.29, 0.717) is 0 Å². The molecule has 0 aliphatic heterocycles. The minimum atomic E-state index is -0.627. The van der Waals surface area contributed by atoms with Crippen molar-refractivity contribution in [1.29, 1.82) is 0 Å². The number of carbonyl (C=O) groups is 1. The summed E-state index contributed by atoms with van der Waals surface area (Å²) in [7, 11) is 0. The molecule has 2 rings (SSSR count). The first kappa shape index (κ1) is 13.7. The van der Waals surface area contributed by atoms with Gasteiger partial charge in [-0.2, -0.15) is 0 Å². The van der Waals surface area contributed by atoms with Gasteiger partial charge in [-0.15, -0.1) is 0 Å². The van der Waals surface area contributed by atoms with Gasteiger partial charge in [-0.1, -0.05) is 30.3 Å². The Morgan fingerprint density at radius 2 is 2.00 bits per heavy atom. The van der Waals surface area contributed by atoms with Crippen molar-refractivity contribution in [2.45, 2.75) is 13.2 Å². The van der Waals surface area contributed by atoms with Gasteiger partial charge in [0, 0.05) is 12.3 Å². The summed E-state index contributed by atoms with van der Waals surface area (Å²) in [5, 5.41) is 11.9. The summed E-state index contributed by atoms with van der Waals surface area (Å²) in [4.78, 5) is 25.3. The normalized spacial score (nSPS) is 10.0. The third-order valence-corrected chi connectivity index (χ3v) is 2.63. The first-order valence-electron chi connectivity index (χ1n) is 6.01. The van der Waals surface area contributed by atoms with Crippen molar-refractivity contribution in [3.05, 3.63) is 64.1 Å². The van der Waals surface area contributed by atoms with E-state index in [4.69, 9.17) is 4.74 Å². The number of alkyl carbamates (subject to hydrolysis) is 1. The fourth-order valence-corrected chi connectivity index (χ4v) is 1.58. The molecule has 0 fully saturated rings. The molecule has 3 N–H and O–H groups in total. The molecule has 0 aliphatic rings. The fraction of sp³-hybridized carbons (Fsp3) is 0.143. The van der Waals surface area contributed by atoms with Crippen molar-refractivity contribution in [3.63, 3.8) is 0 Å². The van der Waals surface area contributed by atoms with Crippen LogP contribution >= 0.6 is 0 Å². The Morgan fingerprint density at radius 1 is 1.25 bits per heavy atom. The average Bonchev–Trinajstić information content (AvgIpc) is 2.48. The molecule has 2 aromatic rings. The maximum Gasteiger partial charge on any atom is 0.407 e. The lowest BCUT2D eigenvalue weighted by Crippen LogP contribution is -2.24. The van der Waals surface area contributed by atoms with E-state index >= 15 is 0 Å². The third-order valence-electron chi connectivity index (χ3n) is 2.63. The second kappa shape index (κ2) is 6.42. The summed E-state index contributed by atoms with van der Waals surface area (Å²) in [5.41, 5.74) is 0.603. The topological polar surface area (TPSA) is 91.4 Å². The van der Waals surface area contributed by atoms with E-state index in [1.54, 1.807) is 0 Å². The first-order chi connectivity index (χ1) is 9.66. The zero-order valence-corrected chi connectivity index (χ0v) is 10.6. The zero-order chi connectivity index (χ0) is 14.4. The van der Waals surface area contributed by atoms with E-state index in [-0.39, 0.29) is 18.8 Å². The number of benzene rings is 1. The van der Waals surface area contributed by atoms with Crippen molar-refractivity contribution in [2.75, 3.05) is 0 Å². The van der Waals surface area contributed by atoms with Crippen LogP contribution in [0.15, 0.2) is 47.4 Å². The number of nitrogens with one attached hydrogen (secondary N) is 2. The highest BCUT2D eigenvalue weighted by Crippen LogP contribution is 2.06. The number of pyridine rings is 1. The van der Waals surface area contributed by atoms with Gasteiger partial charge in [-0.25, -0.2) is 4.79 Å². The Morgan fingerprint density at radius 3 is 2.75 bits per heavy atom. The van der Waals surface area contributed by atoms with Gasteiger partial charge in [-0.3, -0.25) is 4.79 Å². The minimum Gasteiger partial charge on any atom is -0.503 e. The number of carbonyl (C=O) groups excluding carboxylic acids is 1. The highest BCUT2D eigenvalue weighted by atomic mass is 16.5. The third kappa shape index (κ3) is 3.61. The maximum atomic E-state index is 11.5. The number of H-pyrrole nitrogens is 1. The Labute approximate surface area is 115 Å². The van der Waals surface area contributed by atoms with Gasteiger partial charge in [0.1, 0.15) is 6.61 Å². The molecule has 0 saturated heterocycles. The lowest BCUT2D eigenvalue weighted by atomic mass is 10.2. The van der Waals surface area contributed by atoms with Gasteiger partial charge < -0.3 is 20.1 Å². The molecular weight excluding hydrogens is 260 g/mol. The Balaban J connectivity index is 1.83. The molecule has 1 aromatic heterocycles. The lowest BCUT2D eigenvalue weighted by molar-refractivity contribution is 0.139. The van der Waals surface area contributed by atoms with Crippen LogP contribution in [0.25, 0.3) is 0 Å². The fourth-order valence-electron chi connectivity index (χ4n) is 1.58. The molecule has 1 aromatic carbocycles. The number of ether oxygens (including phenoxy) is 1. The van der Waals surface area contributed by atoms with Crippen LogP contribution in [0.2, 0.25) is 0 Å². The van der Waals surface area contributed by atoms with Crippen LogP contribution in [0.1, 0.15) is 11.3 Å². The number of hydrogen-bond acceptors (Lipinski definition) is 4. The predicted octanol–water partition coefficient (Wildman–Crippen LogP) is 1.51. The van der Waals surface area contributed by atoms with E-state index < -0.39 is 17.3 Å². The molecule has 0 unspecified atom stereocenters. The molecule has 0 aliphatic carbocycles. The molecule has 20 heavy (non-hydrogen) atoms. The SMILES string of the molecule is O=C(NCc1[nH]ccc(=O)c1O)OCc1ccccc1. The number of hydrogen-bond donors (Lipinski definition) is 3. The highest BCUT2D eigenvalue weighted by molar-refractivity contribution is 5.67.